The molecule has 0 bridgehead atoms. The zero-order valence-electron chi connectivity index (χ0n) is 16.0. The van der Waals surface area contributed by atoms with E-state index in [0.29, 0.717) is 5.82 Å². The van der Waals surface area contributed by atoms with Gasteiger partial charge in [-0.15, -0.1) is 0 Å². The lowest BCUT2D eigenvalue weighted by Gasteiger charge is -2.17. The maximum atomic E-state index is 11.6. The topological polar surface area (TPSA) is 95.7 Å². The van der Waals surface area contributed by atoms with Crippen molar-refractivity contribution in [3.8, 4) is 6.07 Å². The van der Waals surface area contributed by atoms with Crippen LogP contribution in [0.1, 0.15) is 25.0 Å². The van der Waals surface area contributed by atoms with Crippen LogP contribution >= 0.6 is 0 Å². The second-order valence-electron chi connectivity index (χ2n) is 7.20. The maximum Gasteiger partial charge on any atom is 0.175 e. The summed E-state index contributed by atoms with van der Waals surface area (Å²) in [4.78, 5) is 9.34. The lowest BCUT2D eigenvalue weighted by atomic mass is 9.88. The minimum Gasteiger partial charge on any atom is -0.340 e. The quantitative estimate of drug-likeness (QED) is 0.688. The van der Waals surface area contributed by atoms with Gasteiger partial charge in [-0.2, -0.15) is 5.26 Å². The summed E-state index contributed by atoms with van der Waals surface area (Å²) in [5.74, 6) is 0.743. The monoisotopic (exact) mass is 404 g/mol. The van der Waals surface area contributed by atoms with Gasteiger partial charge in [0.15, 0.2) is 9.84 Å². The lowest BCUT2D eigenvalue weighted by Crippen LogP contribution is -2.04. The first-order valence-electron chi connectivity index (χ1n) is 9.35. The van der Waals surface area contributed by atoms with Gasteiger partial charge in [-0.1, -0.05) is 6.08 Å². The molecule has 4 rings (SSSR count). The molecule has 3 aromatic rings. The highest BCUT2D eigenvalue weighted by molar-refractivity contribution is 7.90. The Morgan fingerprint density at radius 3 is 2.62 bits per heavy atom. The molecule has 0 radical (unpaired) electrons. The number of hydrogen-bond acceptors (Lipinski definition) is 6. The summed E-state index contributed by atoms with van der Waals surface area (Å²) in [5, 5.41) is 14.3. The number of rotatable bonds is 4. The second kappa shape index (κ2) is 7.64. The Morgan fingerprint density at radius 1 is 1.17 bits per heavy atom. The van der Waals surface area contributed by atoms with E-state index >= 15 is 0 Å². The van der Waals surface area contributed by atoms with E-state index in [2.05, 4.69) is 27.4 Å². The molecule has 0 saturated carbocycles. The Kier molecular flexibility index (Phi) is 5.03. The molecule has 1 unspecified atom stereocenters. The molecule has 146 valence electrons. The predicted molar refractivity (Wildman–Crippen MR) is 113 cm³/mol. The van der Waals surface area contributed by atoms with Crippen LogP contribution < -0.4 is 5.32 Å². The van der Waals surface area contributed by atoms with Crippen molar-refractivity contribution >= 4 is 37.7 Å². The molecule has 0 aliphatic heterocycles. The number of nitriles is 1. The molecule has 29 heavy (non-hydrogen) atoms. The highest BCUT2D eigenvalue weighted by atomic mass is 32.2. The summed E-state index contributed by atoms with van der Waals surface area (Å²) >= 11 is 0. The van der Waals surface area contributed by atoms with Gasteiger partial charge in [0.2, 0.25) is 0 Å². The first-order valence-corrected chi connectivity index (χ1v) is 11.2. The van der Waals surface area contributed by atoms with E-state index in [1.807, 2.05) is 12.1 Å². The van der Waals surface area contributed by atoms with Crippen molar-refractivity contribution in [2.24, 2.45) is 5.92 Å². The van der Waals surface area contributed by atoms with Crippen LogP contribution in [0.15, 0.2) is 59.8 Å². The van der Waals surface area contributed by atoms with Gasteiger partial charge in [-0.25, -0.2) is 13.4 Å². The minimum atomic E-state index is -3.22. The number of allylic oxidation sites excluding steroid dienone is 2. The zero-order valence-corrected chi connectivity index (χ0v) is 16.8. The fraction of sp³-hybridized carbons (Fsp3) is 0.227. The average Bonchev–Trinajstić information content (AvgIpc) is 2.73. The minimum absolute atomic E-state index is 0.0857. The molecular weight excluding hydrogens is 384 g/mol. The highest BCUT2D eigenvalue weighted by Crippen LogP contribution is 2.33. The van der Waals surface area contributed by atoms with Crippen LogP contribution in [-0.2, 0) is 9.84 Å². The number of nitrogens with one attached hydrogen (secondary N) is 1. The number of fused-ring (bicyclic) bond motifs is 1. The summed E-state index contributed by atoms with van der Waals surface area (Å²) in [5.41, 5.74) is 2.84. The molecule has 0 spiro atoms. The summed E-state index contributed by atoms with van der Waals surface area (Å²) < 4.78 is 23.2. The van der Waals surface area contributed by atoms with Gasteiger partial charge in [0, 0.05) is 35.1 Å². The van der Waals surface area contributed by atoms with Crippen molar-refractivity contribution in [1.82, 2.24) is 9.97 Å². The number of anilines is 2. The Labute approximate surface area is 169 Å². The zero-order chi connectivity index (χ0) is 20.4. The first-order chi connectivity index (χ1) is 13.9. The van der Waals surface area contributed by atoms with E-state index in [1.54, 1.807) is 36.7 Å². The van der Waals surface area contributed by atoms with Crippen molar-refractivity contribution < 1.29 is 8.42 Å². The second-order valence-corrected chi connectivity index (χ2v) is 9.22. The third-order valence-electron chi connectivity index (χ3n) is 5.10. The van der Waals surface area contributed by atoms with Gasteiger partial charge in [0.1, 0.15) is 5.82 Å². The van der Waals surface area contributed by atoms with Crippen LogP contribution in [0.25, 0.3) is 16.3 Å². The SMILES string of the molecule is CS(=O)(=O)c1ccc(Nc2cc3c(C4=CCC(C#N)CC4)nccc3cn2)cc1. The first kappa shape index (κ1) is 19.1. The third kappa shape index (κ3) is 4.13. The van der Waals surface area contributed by atoms with Crippen LogP contribution in [0.2, 0.25) is 0 Å². The van der Waals surface area contributed by atoms with E-state index in [1.165, 1.54) is 6.26 Å². The third-order valence-corrected chi connectivity index (χ3v) is 6.23. The Bertz CT molecular complexity index is 1240. The Hall–Kier alpha value is -3.24. The van der Waals surface area contributed by atoms with Gasteiger partial charge in [0.25, 0.3) is 0 Å². The maximum absolute atomic E-state index is 11.6. The smallest absolute Gasteiger partial charge is 0.175 e. The summed E-state index contributed by atoms with van der Waals surface area (Å²) in [6.45, 7) is 0. The molecular formula is C22H20N4O2S. The molecule has 1 aromatic carbocycles. The van der Waals surface area contributed by atoms with Gasteiger partial charge in [0.05, 0.1) is 22.6 Å². The fourth-order valence-corrected chi connectivity index (χ4v) is 4.12. The molecule has 1 N–H and O–H groups in total. The number of benzene rings is 1. The number of pyridine rings is 2. The molecule has 1 aliphatic rings. The van der Waals surface area contributed by atoms with Crippen LogP contribution in [-0.4, -0.2) is 24.6 Å². The van der Waals surface area contributed by atoms with Crippen LogP contribution in [0.3, 0.4) is 0 Å². The van der Waals surface area contributed by atoms with Gasteiger partial charge >= 0.3 is 0 Å². The summed E-state index contributed by atoms with van der Waals surface area (Å²) in [7, 11) is -3.22. The van der Waals surface area contributed by atoms with Crippen molar-refractivity contribution in [3.05, 3.63) is 60.6 Å². The van der Waals surface area contributed by atoms with E-state index in [4.69, 9.17) is 5.26 Å². The largest absolute Gasteiger partial charge is 0.340 e. The molecule has 2 heterocycles. The Morgan fingerprint density at radius 2 is 1.97 bits per heavy atom. The van der Waals surface area contributed by atoms with E-state index in [0.717, 1.165) is 47.0 Å². The summed E-state index contributed by atoms with van der Waals surface area (Å²) in [6, 6.07) is 12.8. The standard InChI is InChI=1S/C22H20N4O2S/c1-29(27,28)19-8-6-18(7-9-19)26-21-12-20-17(14-25-21)10-11-24-22(20)16-4-2-15(13-23)3-5-16/h4,6-12,14-15H,2-3,5H2,1H3,(H,25,26). The van der Waals surface area contributed by atoms with Crippen LogP contribution in [0, 0.1) is 17.2 Å². The van der Waals surface area contributed by atoms with E-state index in [9.17, 15) is 8.42 Å². The van der Waals surface area contributed by atoms with Crippen LogP contribution in [0.4, 0.5) is 11.5 Å². The van der Waals surface area contributed by atoms with Gasteiger partial charge < -0.3 is 5.32 Å². The van der Waals surface area contributed by atoms with Crippen LogP contribution in [0.5, 0.6) is 0 Å². The van der Waals surface area contributed by atoms with Gasteiger partial charge in [-0.05, 0) is 61.2 Å². The predicted octanol–water partition coefficient (Wildman–Crippen LogP) is 4.48. The number of nitrogens with zero attached hydrogens (tertiary/aromatic N) is 3. The molecule has 0 saturated heterocycles. The average molecular weight is 404 g/mol. The fourth-order valence-electron chi connectivity index (χ4n) is 3.49. The highest BCUT2D eigenvalue weighted by Gasteiger charge is 2.17. The molecule has 7 heteroatoms. The molecule has 0 amide bonds. The number of hydrogen-bond donors (Lipinski definition) is 1. The normalized spacial score (nSPS) is 16.8. The molecule has 1 aliphatic carbocycles. The van der Waals surface area contributed by atoms with E-state index in [-0.39, 0.29) is 10.8 Å². The molecule has 2 aromatic heterocycles. The van der Waals surface area contributed by atoms with Crippen molar-refractivity contribution in [3.63, 3.8) is 0 Å². The number of sulfone groups is 1. The van der Waals surface area contributed by atoms with Gasteiger partial charge in [-0.3, -0.25) is 4.98 Å². The van der Waals surface area contributed by atoms with Crippen molar-refractivity contribution in [2.45, 2.75) is 24.2 Å². The molecule has 0 fully saturated rings. The Balaban J connectivity index is 1.66. The van der Waals surface area contributed by atoms with Crippen molar-refractivity contribution in [2.75, 3.05) is 11.6 Å². The summed E-state index contributed by atoms with van der Waals surface area (Å²) in [6.07, 6.45) is 9.34. The number of aromatic nitrogens is 2. The lowest BCUT2D eigenvalue weighted by molar-refractivity contribution is 0.602. The molecule has 1 atom stereocenters. The van der Waals surface area contributed by atoms with Crippen molar-refractivity contribution in [1.29, 1.82) is 5.26 Å². The van der Waals surface area contributed by atoms with E-state index < -0.39 is 9.84 Å². The molecule has 6 nitrogen and oxygen atoms in total.